The van der Waals surface area contributed by atoms with E-state index in [4.69, 9.17) is 16.3 Å². The van der Waals surface area contributed by atoms with E-state index in [1.165, 1.54) is 30.2 Å². The van der Waals surface area contributed by atoms with Crippen molar-refractivity contribution in [1.82, 2.24) is 10.2 Å². The van der Waals surface area contributed by atoms with Crippen LogP contribution in [0, 0.1) is 19.8 Å². The molecule has 2 amide bonds. The number of carbonyl (C=O) groups excluding carboxylic acids is 2. The summed E-state index contributed by atoms with van der Waals surface area (Å²) in [5, 5.41) is 3.16. The van der Waals surface area contributed by atoms with E-state index >= 15 is 0 Å². The number of nitrogens with zero attached hydrogens (tertiary/aromatic N) is 2. The van der Waals surface area contributed by atoms with Crippen LogP contribution in [0.5, 0.6) is 5.75 Å². The smallest absolute Gasteiger partial charge is 0.264 e. The van der Waals surface area contributed by atoms with Crippen molar-refractivity contribution in [2.75, 3.05) is 24.5 Å². The molecule has 0 spiro atoms. The first-order valence-electron chi connectivity index (χ1n) is 13.4. The Morgan fingerprint density at radius 2 is 1.63 bits per heavy atom. The highest BCUT2D eigenvalue weighted by Crippen LogP contribution is 2.35. The topological polar surface area (TPSA) is 96.0 Å². The molecule has 1 N–H and O–H groups in total. The predicted molar refractivity (Wildman–Crippen MR) is 163 cm³/mol. The number of nitrogens with one attached hydrogen (secondary N) is 1. The fourth-order valence-corrected chi connectivity index (χ4v) is 5.83. The van der Waals surface area contributed by atoms with Gasteiger partial charge in [0.25, 0.3) is 10.0 Å². The molecular formula is C31H38ClN3O5S. The summed E-state index contributed by atoms with van der Waals surface area (Å²) in [4.78, 5) is 28.6. The molecule has 0 fully saturated rings. The van der Waals surface area contributed by atoms with Crippen molar-refractivity contribution in [1.29, 1.82) is 0 Å². The highest BCUT2D eigenvalue weighted by Gasteiger charge is 2.34. The molecule has 0 aliphatic rings. The first-order valence-corrected chi connectivity index (χ1v) is 15.2. The Kier molecular flexibility index (Phi) is 10.8. The summed E-state index contributed by atoms with van der Waals surface area (Å²) in [7, 11) is -2.84. The van der Waals surface area contributed by atoms with Gasteiger partial charge >= 0.3 is 0 Å². The number of methoxy groups -OCH3 is 1. The number of sulfonamides is 1. The Morgan fingerprint density at radius 1 is 0.951 bits per heavy atom. The third-order valence-corrected chi connectivity index (χ3v) is 8.59. The van der Waals surface area contributed by atoms with Gasteiger partial charge in [0, 0.05) is 18.1 Å². The lowest BCUT2D eigenvalue weighted by atomic mass is 10.1. The van der Waals surface area contributed by atoms with Crippen molar-refractivity contribution in [2.24, 2.45) is 5.92 Å². The predicted octanol–water partition coefficient (Wildman–Crippen LogP) is 5.35. The van der Waals surface area contributed by atoms with Crippen LogP contribution in [-0.2, 0) is 26.2 Å². The third kappa shape index (κ3) is 8.24. The molecule has 0 radical (unpaired) electrons. The third-order valence-electron chi connectivity index (χ3n) is 6.58. The standard InChI is InChI=1S/C31H38ClN3O5S/c1-21(2)18-33-31(37)24(5)34(19-25-9-7-8-23(4)16-25)30(36)20-35(28-17-26(32)12-15-29(28)40-6)41(38,39)27-13-10-22(3)11-14-27/h7-17,21,24H,18-20H2,1-6H3,(H,33,37)/t24-/m1/s1. The number of anilines is 1. The van der Waals surface area contributed by atoms with E-state index in [1.807, 2.05) is 52.0 Å². The lowest BCUT2D eigenvalue weighted by molar-refractivity contribution is -0.139. The Bertz CT molecular complexity index is 1480. The van der Waals surface area contributed by atoms with Crippen molar-refractivity contribution in [3.63, 3.8) is 0 Å². The summed E-state index contributed by atoms with van der Waals surface area (Å²) < 4.78 is 34.5. The van der Waals surface area contributed by atoms with Crippen molar-refractivity contribution in [3.05, 3.63) is 88.4 Å². The fourth-order valence-electron chi connectivity index (χ4n) is 4.25. The van der Waals surface area contributed by atoms with E-state index in [1.54, 1.807) is 31.2 Å². The molecular weight excluding hydrogens is 562 g/mol. The number of amides is 2. The van der Waals surface area contributed by atoms with E-state index < -0.39 is 28.5 Å². The summed E-state index contributed by atoms with van der Waals surface area (Å²) in [5.41, 5.74) is 2.81. The molecule has 3 rings (SSSR count). The molecule has 0 aliphatic heterocycles. The number of aryl methyl sites for hydroxylation is 2. The minimum Gasteiger partial charge on any atom is -0.495 e. The van der Waals surface area contributed by atoms with Gasteiger partial charge in [0.05, 0.1) is 17.7 Å². The Morgan fingerprint density at radius 3 is 2.24 bits per heavy atom. The average molecular weight is 600 g/mol. The van der Waals surface area contributed by atoms with Gasteiger partial charge in [0.15, 0.2) is 0 Å². The zero-order valence-corrected chi connectivity index (χ0v) is 25.9. The van der Waals surface area contributed by atoms with Gasteiger partial charge in [-0.05, 0) is 62.6 Å². The van der Waals surface area contributed by atoms with Gasteiger partial charge in [-0.15, -0.1) is 0 Å². The van der Waals surface area contributed by atoms with Crippen molar-refractivity contribution < 1.29 is 22.7 Å². The maximum absolute atomic E-state index is 14.1. The quantitative estimate of drug-likeness (QED) is 0.303. The van der Waals surface area contributed by atoms with E-state index in [2.05, 4.69) is 5.32 Å². The van der Waals surface area contributed by atoms with Gasteiger partial charge in [-0.3, -0.25) is 13.9 Å². The van der Waals surface area contributed by atoms with Crippen LogP contribution in [-0.4, -0.2) is 51.4 Å². The number of ether oxygens (including phenoxy) is 1. The van der Waals surface area contributed by atoms with E-state index in [9.17, 15) is 18.0 Å². The zero-order valence-electron chi connectivity index (χ0n) is 24.3. The number of benzene rings is 3. The molecule has 0 bridgehead atoms. The zero-order chi connectivity index (χ0) is 30.3. The van der Waals surface area contributed by atoms with Crippen LogP contribution in [0.25, 0.3) is 0 Å². The minimum absolute atomic E-state index is 0.00545. The first-order chi connectivity index (χ1) is 19.3. The molecule has 0 saturated heterocycles. The second-order valence-corrected chi connectivity index (χ2v) is 12.8. The van der Waals surface area contributed by atoms with Gasteiger partial charge in [-0.1, -0.05) is 73.0 Å². The summed E-state index contributed by atoms with van der Waals surface area (Å²) >= 11 is 6.28. The average Bonchev–Trinajstić information content (AvgIpc) is 2.93. The monoisotopic (exact) mass is 599 g/mol. The Balaban J connectivity index is 2.08. The summed E-state index contributed by atoms with van der Waals surface area (Å²) in [6, 6.07) is 17.7. The lowest BCUT2D eigenvalue weighted by Gasteiger charge is -2.32. The lowest BCUT2D eigenvalue weighted by Crippen LogP contribution is -2.51. The summed E-state index contributed by atoms with van der Waals surface area (Å²) in [5.74, 6) is -0.437. The second kappa shape index (κ2) is 13.9. The Hall–Kier alpha value is -3.56. The second-order valence-electron chi connectivity index (χ2n) is 10.5. The van der Waals surface area contributed by atoms with Gasteiger partial charge in [0.2, 0.25) is 11.8 Å². The highest BCUT2D eigenvalue weighted by molar-refractivity contribution is 7.92. The molecule has 220 valence electrons. The largest absolute Gasteiger partial charge is 0.495 e. The van der Waals surface area contributed by atoms with E-state index in [0.29, 0.717) is 6.54 Å². The molecule has 41 heavy (non-hydrogen) atoms. The van der Waals surface area contributed by atoms with Crippen LogP contribution in [0.15, 0.2) is 71.6 Å². The Labute approximate surface area is 248 Å². The minimum atomic E-state index is -4.25. The summed E-state index contributed by atoms with van der Waals surface area (Å²) in [6.45, 7) is 9.37. The number of hydrogen-bond acceptors (Lipinski definition) is 5. The SMILES string of the molecule is COc1ccc(Cl)cc1N(CC(=O)N(Cc1cccc(C)c1)[C@H](C)C(=O)NCC(C)C)S(=O)(=O)c1ccc(C)cc1. The van der Waals surface area contributed by atoms with E-state index in [0.717, 1.165) is 21.0 Å². The first kappa shape index (κ1) is 32.0. The van der Waals surface area contributed by atoms with Gasteiger partial charge < -0.3 is 15.0 Å². The molecule has 10 heteroatoms. The van der Waals surface area contributed by atoms with Gasteiger partial charge in [-0.25, -0.2) is 8.42 Å². The van der Waals surface area contributed by atoms with Crippen LogP contribution in [0.3, 0.4) is 0 Å². The number of carbonyl (C=O) groups is 2. The van der Waals surface area contributed by atoms with Crippen LogP contribution < -0.4 is 14.4 Å². The van der Waals surface area contributed by atoms with E-state index in [-0.39, 0.29) is 39.7 Å². The summed E-state index contributed by atoms with van der Waals surface area (Å²) in [6.07, 6.45) is 0. The van der Waals surface area contributed by atoms with Gasteiger partial charge in [0.1, 0.15) is 18.3 Å². The van der Waals surface area contributed by atoms with Crippen LogP contribution >= 0.6 is 11.6 Å². The molecule has 1 atom stereocenters. The molecule has 8 nitrogen and oxygen atoms in total. The van der Waals surface area contributed by atoms with Crippen molar-refractivity contribution >= 4 is 39.1 Å². The maximum atomic E-state index is 14.1. The fraction of sp³-hybridized carbons (Fsp3) is 0.355. The van der Waals surface area contributed by atoms with Crippen molar-refractivity contribution in [3.8, 4) is 5.75 Å². The van der Waals surface area contributed by atoms with Crippen LogP contribution in [0.2, 0.25) is 5.02 Å². The van der Waals surface area contributed by atoms with Gasteiger partial charge in [-0.2, -0.15) is 0 Å². The normalized spacial score (nSPS) is 12.1. The molecule has 3 aromatic rings. The van der Waals surface area contributed by atoms with Crippen LogP contribution in [0.1, 0.15) is 37.5 Å². The van der Waals surface area contributed by atoms with Crippen LogP contribution in [0.4, 0.5) is 5.69 Å². The number of hydrogen-bond donors (Lipinski definition) is 1. The molecule has 0 unspecified atom stereocenters. The molecule has 0 saturated carbocycles. The van der Waals surface area contributed by atoms with Crippen molar-refractivity contribution in [2.45, 2.75) is 52.1 Å². The maximum Gasteiger partial charge on any atom is 0.264 e. The molecule has 0 aromatic heterocycles. The number of halogens is 1. The molecule has 0 heterocycles. The molecule has 0 aliphatic carbocycles. The number of rotatable bonds is 12. The highest BCUT2D eigenvalue weighted by atomic mass is 35.5. The molecule has 3 aromatic carbocycles.